The minimum atomic E-state index is -0.208. The Morgan fingerprint density at radius 3 is 2.65 bits per heavy atom. The Bertz CT molecular complexity index is 414. The van der Waals surface area contributed by atoms with E-state index in [0.29, 0.717) is 10.0 Å². The summed E-state index contributed by atoms with van der Waals surface area (Å²) in [6.45, 7) is 3.76. The molecule has 94 valence electrons. The molecule has 2 unspecified atom stereocenters. The number of halogens is 2. The predicted octanol–water partition coefficient (Wildman–Crippen LogP) is 3.10. The van der Waals surface area contributed by atoms with E-state index in [1.165, 1.54) is 11.8 Å². The van der Waals surface area contributed by atoms with Gasteiger partial charge in [0.05, 0.1) is 5.02 Å². The number of hydrogen-bond acceptors (Lipinski definition) is 3. The van der Waals surface area contributed by atoms with Crippen molar-refractivity contribution in [1.82, 2.24) is 5.43 Å². The number of benzene rings is 1. The van der Waals surface area contributed by atoms with Crippen LogP contribution in [0, 0.1) is 5.92 Å². The molecule has 0 bridgehead atoms. The number of nitrogens with one attached hydrogen (secondary N) is 1. The number of hydrogen-bond donors (Lipinski definition) is 2. The van der Waals surface area contributed by atoms with Crippen molar-refractivity contribution in [1.29, 1.82) is 0 Å². The van der Waals surface area contributed by atoms with Gasteiger partial charge in [-0.1, -0.05) is 37.0 Å². The summed E-state index contributed by atoms with van der Waals surface area (Å²) in [5.41, 5.74) is 2.15. The van der Waals surface area contributed by atoms with Crippen molar-refractivity contribution in [3.05, 3.63) is 28.2 Å². The quantitative estimate of drug-likeness (QED) is 0.388. The van der Waals surface area contributed by atoms with E-state index in [2.05, 4.69) is 5.43 Å². The summed E-state index contributed by atoms with van der Waals surface area (Å²) in [4.78, 5) is 12.3. The fourth-order valence-corrected chi connectivity index (χ4v) is 2.81. The Morgan fingerprint density at radius 1 is 1.41 bits per heavy atom. The van der Waals surface area contributed by atoms with Crippen molar-refractivity contribution in [2.45, 2.75) is 24.0 Å². The zero-order valence-corrected chi connectivity index (χ0v) is 11.9. The summed E-state index contributed by atoms with van der Waals surface area (Å²) in [6, 6.07) is 5.26. The van der Waals surface area contributed by atoms with Crippen LogP contribution in [0.25, 0.3) is 0 Å². The molecule has 6 heteroatoms. The minimum absolute atomic E-state index is 0.0505. The summed E-state index contributed by atoms with van der Waals surface area (Å²) in [5.74, 6) is 4.70. The van der Waals surface area contributed by atoms with Gasteiger partial charge < -0.3 is 0 Å². The molecule has 0 saturated heterocycles. The number of carbonyl (C=O) groups is 1. The van der Waals surface area contributed by atoms with Crippen LogP contribution >= 0.6 is 35.0 Å². The highest BCUT2D eigenvalue weighted by Gasteiger charge is 2.21. The van der Waals surface area contributed by atoms with Gasteiger partial charge in [0.2, 0.25) is 5.91 Å². The van der Waals surface area contributed by atoms with Gasteiger partial charge in [-0.25, -0.2) is 5.84 Å². The van der Waals surface area contributed by atoms with Gasteiger partial charge in [0.25, 0.3) is 0 Å². The molecule has 0 aliphatic rings. The highest BCUT2D eigenvalue weighted by molar-refractivity contribution is 8.00. The number of amides is 1. The number of nitrogens with two attached hydrogens (primary N) is 1. The Kier molecular flexibility index (Phi) is 5.59. The lowest BCUT2D eigenvalue weighted by molar-refractivity contribution is -0.124. The largest absolute Gasteiger partial charge is 0.294 e. The second kappa shape index (κ2) is 6.50. The molecule has 0 fully saturated rings. The maximum atomic E-state index is 11.4. The van der Waals surface area contributed by atoms with E-state index >= 15 is 0 Å². The van der Waals surface area contributed by atoms with Crippen LogP contribution in [0.1, 0.15) is 13.8 Å². The van der Waals surface area contributed by atoms with Crippen LogP contribution in [0.15, 0.2) is 23.1 Å². The fourth-order valence-electron chi connectivity index (χ4n) is 1.21. The number of rotatable bonds is 4. The molecule has 0 radical (unpaired) electrons. The maximum absolute atomic E-state index is 11.4. The van der Waals surface area contributed by atoms with Gasteiger partial charge in [-0.3, -0.25) is 10.2 Å². The van der Waals surface area contributed by atoms with Gasteiger partial charge >= 0.3 is 0 Å². The molecule has 1 aromatic carbocycles. The Hall–Kier alpha value is -0.420. The van der Waals surface area contributed by atoms with Gasteiger partial charge in [0, 0.05) is 21.1 Å². The van der Waals surface area contributed by atoms with E-state index in [-0.39, 0.29) is 17.1 Å². The number of hydrazine groups is 1. The van der Waals surface area contributed by atoms with E-state index in [1.54, 1.807) is 18.2 Å². The van der Waals surface area contributed by atoms with Crippen LogP contribution < -0.4 is 11.3 Å². The Balaban J connectivity index is 2.77. The first-order chi connectivity index (χ1) is 7.95. The first kappa shape index (κ1) is 14.6. The van der Waals surface area contributed by atoms with E-state index in [0.717, 1.165) is 4.90 Å². The normalized spacial score (nSPS) is 14.2. The molecule has 3 N–H and O–H groups in total. The molecule has 0 aliphatic carbocycles. The molecule has 1 amide bonds. The van der Waals surface area contributed by atoms with Gasteiger partial charge in [0.15, 0.2) is 0 Å². The third kappa shape index (κ3) is 4.07. The SMILES string of the molecule is CC(Sc1cc(Cl)ccc1Cl)C(C)C(=O)NN. The lowest BCUT2D eigenvalue weighted by Crippen LogP contribution is -2.38. The van der Waals surface area contributed by atoms with Crippen molar-refractivity contribution < 1.29 is 4.79 Å². The smallest absolute Gasteiger partial charge is 0.237 e. The minimum Gasteiger partial charge on any atom is -0.294 e. The summed E-state index contributed by atoms with van der Waals surface area (Å²) in [6.07, 6.45) is 0. The summed E-state index contributed by atoms with van der Waals surface area (Å²) < 4.78 is 0. The van der Waals surface area contributed by atoms with E-state index in [4.69, 9.17) is 29.0 Å². The van der Waals surface area contributed by atoms with E-state index < -0.39 is 0 Å². The Morgan fingerprint density at radius 2 is 2.06 bits per heavy atom. The van der Waals surface area contributed by atoms with Crippen molar-refractivity contribution >= 4 is 40.9 Å². The lowest BCUT2D eigenvalue weighted by atomic mass is 10.1. The topological polar surface area (TPSA) is 55.1 Å². The lowest BCUT2D eigenvalue weighted by Gasteiger charge is -2.18. The summed E-state index contributed by atoms with van der Waals surface area (Å²) >= 11 is 13.5. The van der Waals surface area contributed by atoms with Crippen LogP contribution in [-0.2, 0) is 4.79 Å². The zero-order valence-electron chi connectivity index (χ0n) is 9.54. The molecule has 1 aromatic rings. The molecule has 0 heterocycles. The van der Waals surface area contributed by atoms with Gasteiger partial charge in [-0.2, -0.15) is 0 Å². The van der Waals surface area contributed by atoms with Crippen molar-refractivity contribution in [2.75, 3.05) is 0 Å². The molecule has 0 spiro atoms. The third-order valence-electron chi connectivity index (χ3n) is 2.47. The average molecular weight is 293 g/mol. The van der Waals surface area contributed by atoms with Gasteiger partial charge in [-0.05, 0) is 18.2 Å². The zero-order chi connectivity index (χ0) is 13.0. The maximum Gasteiger partial charge on any atom is 0.237 e. The molecular weight excluding hydrogens is 279 g/mol. The molecule has 1 rings (SSSR count). The standard InChI is InChI=1S/C11H14Cl2N2OS/c1-6(11(16)15-14)7(2)17-10-5-8(12)3-4-9(10)13/h3-7H,14H2,1-2H3,(H,15,16). The second-order valence-corrected chi connectivity index (χ2v) is 5.96. The van der Waals surface area contributed by atoms with Crippen molar-refractivity contribution in [2.24, 2.45) is 11.8 Å². The molecule has 2 atom stereocenters. The molecular formula is C11H14Cl2N2OS. The van der Waals surface area contributed by atoms with Crippen LogP contribution in [0.5, 0.6) is 0 Å². The van der Waals surface area contributed by atoms with E-state index in [1.807, 2.05) is 13.8 Å². The van der Waals surface area contributed by atoms with Crippen molar-refractivity contribution in [3.8, 4) is 0 Å². The highest BCUT2D eigenvalue weighted by atomic mass is 35.5. The molecule has 17 heavy (non-hydrogen) atoms. The third-order valence-corrected chi connectivity index (χ3v) is 4.51. The fraction of sp³-hybridized carbons (Fsp3) is 0.364. The second-order valence-electron chi connectivity index (χ2n) is 3.69. The molecule has 0 saturated carbocycles. The molecule has 0 aromatic heterocycles. The number of thioether (sulfide) groups is 1. The van der Waals surface area contributed by atoms with E-state index in [9.17, 15) is 4.79 Å². The average Bonchev–Trinajstić information content (AvgIpc) is 2.31. The molecule has 0 aliphatic heterocycles. The van der Waals surface area contributed by atoms with Crippen molar-refractivity contribution in [3.63, 3.8) is 0 Å². The van der Waals surface area contributed by atoms with Crippen LogP contribution in [0.3, 0.4) is 0 Å². The highest BCUT2D eigenvalue weighted by Crippen LogP contribution is 2.34. The van der Waals surface area contributed by atoms with Crippen LogP contribution in [0.4, 0.5) is 0 Å². The van der Waals surface area contributed by atoms with Gasteiger partial charge in [-0.15, -0.1) is 11.8 Å². The predicted molar refractivity (Wildman–Crippen MR) is 73.3 cm³/mol. The van der Waals surface area contributed by atoms with Crippen LogP contribution in [-0.4, -0.2) is 11.2 Å². The summed E-state index contributed by atoms with van der Waals surface area (Å²) in [7, 11) is 0. The molecule has 3 nitrogen and oxygen atoms in total. The monoisotopic (exact) mass is 292 g/mol. The van der Waals surface area contributed by atoms with Crippen LogP contribution in [0.2, 0.25) is 10.0 Å². The van der Waals surface area contributed by atoms with Gasteiger partial charge in [0.1, 0.15) is 0 Å². The first-order valence-corrected chi connectivity index (χ1v) is 6.71. The summed E-state index contributed by atoms with van der Waals surface area (Å²) in [5, 5.41) is 1.31. The first-order valence-electron chi connectivity index (χ1n) is 5.08. The number of carbonyl (C=O) groups excluding carboxylic acids is 1. The Labute approximate surface area is 115 Å².